The molecule has 0 bridgehead atoms. The van der Waals surface area contributed by atoms with Crippen LogP contribution in [0.25, 0.3) is 0 Å². The van der Waals surface area contributed by atoms with Crippen molar-refractivity contribution in [2.75, 3.05) is 5.88 Å². The molecule has 1 heterocycles. The number of hydrogen-bond acceptors (Lipinski definition) is 6. The van der Waals surface area contributed by atoms with Crippen LogP contribution in [0, 0.1) is 13.8 Å². The lowest BCUT2D eigenvalue weighted by molar-refractivity contribution is -0.147. The van der Waals surface area contributed by atoms with Gasteiger partial charge in [0, 0.05) is 21.9 Å². The average Bonchev–Trinajstić information content (AvgIpc) is 3.26. The number of carbonyl (C=O) groups is 3. The predicted molar refractivity (Wildman–Crippen MR) is 157 cm³/mol. The Morgan fingerprint density at radius 2 is 1.85 bits per heavy atom. The molecule has 3 amide bonds. The zero-order valence-electron chi connectivity index (χ0n) is 23.5. The van der Waals surface area contributed by atoms with Gasteiger partial charge < -0.3 is 25.7 Å². The summed E-state index contributed by atoms with van der Waals surface area (Å²) < 4.78 is -0.563. The third kappa shape index (κ3) is 6.53. The third-order valence-electron chi connectivity index (χ3n) is 7.79. The van der Waals surface area contributed by atoms with Crippen molar-refractivity contribution >= 4 is 29.5 Å². The molecule has 0 radical (unpaired) electrons. The molecule has 214 valence electrons. The Hall–Kier alpha value is -3.30. The fourth-order valence-corrected chi connectivity index (χ4v) is 6.53. The second-order valence-electron chi connectivity index (χ2n) is 11.2. The highest BCUT2D eigenvalue weighted by Crippen LogP contribution is 2.40. The van der Waals surface area contributed by atoms with Crippen molar-refractivity contribution in [1.82, 2.24) is 15.5 Å². The highest BCUT2D eigenvalue weighted by Gasteiger charge is 2.50. The molecule has 0 aromatic heterocycles. The number of nitrogens with zero attached hydrogens (tertiary/aromatic N) is 1. The number of aliphatic hydroxyl groups excluding tert-OH is 1. The summed E-state index contributed by atoms with van der Waals surface area (Å²) in [5, 5.41) is 27.7. The molecule has 1 aliphatic carbocycles. The van der Waals surface area contributed by atoms with Crippen LogP contribution in [0.15, 0.2) is 54.6 Å². The molecular weight excluding hydrogens is 526 g/mol. The van der Waals surface area contributed by atoms with E-state index in [0.717, 1.165) is 24.8 Å². The number of benzene rings is 2. The number of rotatable bonds is 8. The molecule has 1 fully saturated rings. The second kappa shape index (κ2) is 12.5. The first kappa shape index (κ1) is 29.7. The topological polar surface area (TPSA) is 119 Å². The number of phenolic OH excluding ortho intramolecular Hbond substituents is 1. The number of thioether (sulfide) groups is 1. The standard InChI is InChI=1S/C31H39N3O5S/c1-19-15-16-23(20(2)25(19)35)28(37)33-24(17-21-11-7-5-8-12-21)26(36)30(39)34-18-40-31(3,4)27(34)29(38)32-22-13-9-6-10-14-22/h5,7-9,11-13,15-16,22,24,26-27,35-36H,6,10,14,17-18H2,1-4H3,(H,32,38)(H,33,37)/t22-,24+,26+,27?/m1/s1. The first-order valence-corrected chi connectivity index (χ1v) is 14.7. The largest absolute Gasteiger partial charge is 0.507 e. The summed E-state index contributed by atoms with van der Waals surface area (Å²) in [6.45, 7) is 7.25. The van der Waals surface area contributed by atoms with E-state index in [-0.39, 0.29) is 35.6 Å². The first-order valence-electron chi connectivity index (χ1n) is 13.7. The Kier molecular flexibility index (Phi) is 9.26. The maximum atomic E-state index is 13.8. The van der Waals surface area contributed by atoms with Crippen LogP contribution in [0.2, 0.25) is 0 Å². The molecule has 2 aromatic rings. The Bertz CT molecular complexity index is 1280. The van der Waals surface area contributed by atoms with Crippen molar-refractivity contribution in [3.05, 3.63) is 76.9 Å². The van der Waals surface area contributed by atoms with Gasteiger partial charge in [-0.1, -0.05) is 48.6 Å². The van der Waals surface area contributed by atoms with Gasteiger partial charge >= 0.3 is 0 Å². The molecule has 9 heteroatoms. The summed E-state index contributed by atoms with van der Waals surface area (Å²) in [4.78, 5) is 42.1. The van der Waals surface area contributed by atoms with E-state index in [2.05, 4.69) is 16.7 Å². The van der Waals surface area contributed by atoms with Crippen LogP contribution in [0.5, 0.6) is 5.75 Å². The summed E-state index contributed by atoms with van der Waals surface area (Å²) >= 11 is 1.48. The molecule has 1 unspecified atom stereocenters. The minimum atomic E-state index is -1.59. The van der Waals surface area contributed by atoms with Crippen LogP contribution < -0.4 is 10.6 Å². The van der Waals surface area contributed by atoms with Crippen molar-refractivity contribution in [2.45, 2.75) is 82.4 Å². The van der Waals surface area contributed by atoms with Crippen LogP contribution in [0.4, 0.5) is 0 Å². The summed E-state index contributed by atoms with van der Waals surface area (Å²) in [5.74, 6) is -1.08. The number of aryl methyl sites for hydroxylation is 1. The number of aromatic hydroxyl groups is 1. The number of aliphatic hydroxyl groups is 1. The zero-order valence-corrected chi connectivity index (χ0v) is 24.3. The third-order valence-corrected chi connectivity index (χ3v) is 9.16. The van der Waals surface area contributed by atoms with Crippen LogP contribution in [-0.2, 0) is 16.0 Å². The van der Waals surface area contributed by atoms with Gasteiger partial charge in [0.2, 0.25) is 5.91 Å². The van der Waals surface area contributed by atoms with E-state index < -0.39 is 34.7 Å². The molecule has 4 atom stereocenters. The lowest BCUT2D eigenvalue weighted by Crippen LogP contribution is -2.59. The van der Waals surface area contributed by atoms with Crippen molar-refractivity contribution in [3.63, 3.8) is 0 Å². The number of nitrogens with one attached hydrogen (secondary N) is 2. The van der Waals surface area contributed by atoms with E-state index in [9.17, 15) is 24.6 Å². The summed E-state index contributed by atoms with van der Waals surface area (Å²) in [7, 11) is 0. The summed E-state index contributed by atoms with van der Waals surface area (Å²) in [5.41, 5.74) is 2.16. The molecule has 2 aromatic carbocycles. The minimum Gasteiger partial charge on any atom is -0.507 e. The molecule has 1 saturated heterocycles. The maximum absolute atomic E-state index is 13.8. The van der Waals surface area contributed by atoms with E-state index in [1.54, 1.807) is 26.0 Å². The molecule has 4 N–H and O–H groups in total. The highest BCUT2D eigenvalue weighted by atomic mass is 32.2. The van der Waals surface area contributed by atoms with E-state index in [0.29, 0.717) is 11.1 Å². The van der Waals surface area contributed by atoms with E-state index in [1.807, 2.05) is 50.3 Å². The van der Waals surface area contributed by atoms with Gasteiger partial charge in [0.15, 0.2) is 6.10 Å². The van der Waals surface area contributed by atoms with Crippen molar-refractivity contribution in [3.8, 4) is 5.75 Å². The SMILES string of the molecule is Cc1ccc(C(=O)N[C@@H](Cc2ccccc2)[C@H](O)C(=O)N2CSC(C)(C)C2C(=O)N[C@@H]2C=CCCC2)c(C)c1O. The number of amides is 3. The van der Waals surface area contributed by atoms with Crippen LogP contribution in [0.1, 0.15) is 60.2 Å². The Balaban J connectivity index is 1.58. The Labute approximate surface area is 240 Å². The molecule has 40 heavy (non-hydrogen) atoms. The molecule has 0 saturated carbocycles. The van der Waals surface area contributed by atoms with Gasteiger partial charge in [-0.25, -0.2) is 0 Å². The van der Waals surface area contributed by atoms with Crippen molar-refractivity contribution < 1.29 is 24.6 Å². The number of phenols is 1. The van der Waals surface area contributed by atoms with Crippen LogP contribution >= 0.6 is 11.8 Å². The van der Waals surface area contributed by atoms with Gasteiger partial charge in [0.05, 0.1) is 11.9 Å². The number of carbonyl (C=O) groups excluding carboxylic acids is 3. The number of allylic oxidation sites excluding steroid dienone is 1. The lowest BCUT2D eigenvalue weighted by atomic mass is 9.96. The first-order chi connectivity index (χ1) is 19.0. The number of hydrogen-bond donors (Lipinski definition) is 4. The summed E-state index contributed by atoms with van der Waals surface area (Å²) in [6.07, 6.45) is 5.48. The maximum Gasteiger partial charge on any atom is 0.254 e. The van der Waals surface area contributed by atoms with Crippen molar-refractivity contribution in [2.24, 2.45) is 0 Å². The van der Waals surface area contributed by atoms with Gasteiger partial charge in [0.1, 0.15) is 11.8 Å². The normalized spacial score (nSPS) is 21.5. The second-order valence-corrected chi connectivity index (χ2v) is 12.8. The fourth-order valence-electron chi connectivity index (χ4n) is 5.39. The van der Waals surface area contributed by atoms with Gasteiger partial charge in [-0.15, -0.1) is 11.8 Å². The Morgan fingerprint density at radius 1 is 1.12 bits per heavy atom. The molecule has 8 nitrogen and oxygen atoms in total. The monoisotopic (exact) mass is 565 g/mol. The van der Waals surface area contributed by atoms with Crippen molar-refractivity contribution in [1.29, 1.82) is 0 Å². The van der Waals surface area contributed by atoms with Gasteiger partial charge in [-0.2, -0.15) is 0 Å². The quantitative estimate of drug-likeness (QED) is 0.363. The van der Waals surface area contributed by atoms with Gasteiger partial charge in [-0.05, 0) is 70.6 Å². The molecule has 0 spiro atoms. The van der Waals surface area contributed by atoms with Crippen LogP contribution in [0.3, 0.4) is 0 Å². The average molecular weight is 566 g/mol. The fraction of sp³-hybridized carbons (Fsp3) is 0.452. The molecule has 2 aliphatic rings. The summed E-state index contributed by atoms with van der Waals surface area (Å²) in [6, 6.07) is 10.7. The lowest BCUT2D eigenvalue weighted by Gasteiger charge is -2.34. The predicted octanol–water partition coefficient (Wildman–Crippen LogP) is 3.62. The Morgan fingerprint density at radius 3 is 2.52 bits per heavy atom. The van der Waals surface area contributed by atoms with Gasteiger partial charge in [0.25, 0.3) is 11.8 Å². The van der Waals surface area contributed by atoms with Gasteiger partial charge in [-0.3, -0.25) is 14.4 Å². The van der Waals surface area contributed by atoms with E-state index in [4.69, 9.17) is 0 Å². The smallest absolute Gasteiger partial charge is 0.254 e. The molecule has 4 rings (SSSR count). The minimum absolute atomic E-state index is 0.0295. The van der Waals surface area contributed by atoms with E-state index >= 15 is 0 Å². The van der Waals surface area contributed by atoms with Crippen LogP contribution in [-0.4, -0.2) is 67.7 Å². The van der Waals surface area contributed by atoms with E-state index in [1.165, 1.54) is 16.7 Å². The molecule has 1 aliphatic heterocycles. The molecular formula is C31H39N3O5S. The highest BCUT2D eigenvalue weighted by molar-refractivity contribution is 8.00. The zero-order chi connectivity index (χ0) is 29.0.